The van der Waals surface area contributed by atoms with Crippen molar-refractivity contribution in [3.05, 3.63) is 16.3 Å². The van der Waals surface area contributed by atoms with Crippen LogP contribution in [0, 0.1) is 22.0 Å². The molecule has 1 N–H and O–H groups in total. The first-order chi connectivity index (χ1) is 10.0. The van der Waals surface area contributed by atoms with Gasteiger partial charge < -0.3 is 10.2 Å². The Morgan fingerprint density at radius 1 is 1.48 bits per heavy atom. The van der Waals surface area contributed by atoms with Gasteiger partial charge in [-0.1, -0.05) is 20.8 Å². The molecule has 2 rings (SSSR count). The maximum atomic E-state index is 11.2. The molecule has 0 amide bonds. The third-order valence-electron chi connectivity index (χ3n) is 4.11. The smallest absolute Gasteiger partial charge is 0.329 e. The van der Waals surface area contributed by atoms with Crippen molar-refractivity contribution in [2.24, 2.45) is 11.8 Å². The zero-order chi connectivity index (χ0) is 15.4. The van der Waals surface area contributed by atoms with E-state index in [4.69, 9.17) is 0 Å². The first-order valence-electron chi connectivity index (χ1n) is 7.53. The molecule has 1 aromatic heterocycles. The molecule has 0 radical (unpaired) electrons. The largest absolute Gasteiger partial charge is 0.354 e. The molecule has 1 fully saturated rings. The summed E-state index contributed by atoms with van der Waals surface area (Å²) < 4.78 is 0. The van der Waals surface area contributed by atoms with Gasteiger partial charge >= 0.3 is 5.69 Å². The summed E-state index contributed by atoms with van der Waals surface area (Å²) in [5, 5.41) is 14.3. The van der Waals surface area contributed by atoms with E-state index >= 15 is 0 Å². The minimum Gasteiger partial charge on any atom is -0.354 e. The summed E-state index contributed by atoms with van der Waals surface area (Å²) in [6, 6.07) is 0. The van der Waals surface area contributed by atoms with E-state index < -0.39 is 4.92 Å². The van der Waals surface area contributed by atoms with E-state index in [1.54, 1.807) is 0 Å². The van der Waals surface area contributed by atoms with E-state index in [1.165, 1.54) is 6.20 Å². The predicted molar refractivity (Wildman–Crippen MR) is 82.6 cm³/mol. The van der Waals surface area contributed by atoms with E-state index in [9.17, 15) is 10.1 Å². The van der Waals surface area contributed by atoms with Crippen molar-refractivity contribution in [3.8, 4) is 0 Å². The van der Waals surface area contributed by atoms with Crippen molar-refractivity contribution in [1.29, 1.82) is 0 Å². The number of hydrogen-bond acceptors (Lipinski definition) is 6. The summed E-state index contributed by atoms with van der Waals surface area (Å²) >= 11 is 0. The normalized spacial score (nSPS) is 22.1. The summed E-state index contributed by atoms with van der Waals surface area (Å²) in [5.41, 5.74) is -0.0150. The van der Waals surface area contributed by atoms with Crippen molar-refractivity contribution in [2.45, 2.75) is 33.6 Å². The SMILES string of the molecule is CCCNc1ncc([N+](=O)[O-])c(N2CCC(C)C(C)C2)n1. The molecule has 1 aliphatic rings. The van der Waals surface area contributed by atoms with Gasteiger partial charge in [0.2, 0.25) is 11.8 Å². The Morgan fingerprint density at radius 3 is 2.86 bits per heavy atom. The second-order valence-electron chi connectivity index (χ2n) is 5.78. The summed E-state index contributed by atoms with van der Waals surface area (Å²) in [6.07, 6.45) is 3.29. The number of nitrogens with zero attached hydrogens (tertiary/aromatic N) is 4. The molecule has 1 aliphatic heterocycles. The van der Waals surface area contributed by atoms with Crippen LogP contribution < -0.4 is 10.2 Å². The average Bonchev–Trinajstić information content (AvgIpc) is 2.47. The standard InChI is InChI=1S/C14H23N5O2/c1-4-6-15-14-16-8-12(19(20)21)13(17-14)18-7-5-10(2)11(3)9-18/h8,10-11H,4-7,9H2,1-3H3,(H,15,16,17). The third kappa shape index (κ3) is 3.59. The number of nitro groups is 1. The van der Waals surface area contributed by atoms with Gasteiger partial charge in [-0.3, -0.25) is 10.1 Å². The van der Waals surface area contributed by atoms with Gasteiger partial charge in [-0.2, -0.15) is 4.98 Å². The highest BCUT2D eigenvalue weighted by Gasteiger charge is 2.29. The molecule has 0 aliphatic carbocycles. The van der Waals surface area contributed by atoms with Gasteiger partial charge in [0.25, 0.3) is 0 Å². The summed E-state index contributed by atoms with van der Waals surface area (Å²) in [4.78, 5) is 21.2. The molecule has 0 spiro atoms. The molecule has 2 unspecified atom stereocenters. The van der Waals surface area contributed by atoms with Gasteiger partial charge in [0.05, 0.1) is 4.92 Å². The monoisotopic (exact) mass is 293 g/mol. The number of piperidine rings is 1. The zero-order valence-corrected chi connectivity index (χ0v) is 12.9. The molecule has 1 aromatic rings. The van der Waals surface area contributed by atoms with Crippen LogP contribution in [0.2, 0.25) is 0 Å². The van der Waals surface area contributed by atoms with Crippen molar-refractivity contribution in [2.75, 3.05) is 29.9 Å². The lowest BCUT2D eigenvalue weighted by Gasteiger charge is -2.35. The van der Waals surface area contributed by atoms with E-state index in [2.05, 4.69) is 29.1 Å². The fourth-order valence-electron chi connectivity index (χ4n) is 2.51. The Bertz CT molecular complexity index is 508. The lowest BCUT2D eigenvalue weighted by atomic mass is 9.89. The quantitative estimate of drug-likeness (QED) is 0.663. The molecule has 116 valence electrons. The number of aromatic nitrogens is 2. The Morgan fingerprint density at radius 2 is 2.24 bits per heavy atom. The third-order valence-corrected chi connectivity index (χ3v) is 4.11. The van der Waals surface area contributed by atoms with Gasteiger partial charge in [-0.05, 0) is 24.7 Å². The summed E-state index contributed by atoms with van der Waals surface area (Å²) in [5.74, 6) is 2.04. The Labute approximate surface area is 124 Å². The average molecular weight is 293 g/mol. The number of nitrogens with one attached hydrogen (secondary N) is 1. The second kappa shape index (κ2) is 6.69. The Hall–Kier alpha value is -1.92. The minimum absolute atomic E-state index is 0.0150. The van der Waals surface area contributed by atoms with Crippen LogP contribution in [0.25, 0.3) is 0 Å². The van der Waals surface area contributed by atoms with Crippen LogP contribution in [-0.4, -0.2) is 34.5 Å². The number of anilines is 2. The molecule has 0 bridgehead atoms. The summed E-state index contributed by atoms with van der Waals surface area (Å²) in [7, 11) is 0. The molecule has 21 heavy (non-hydrogen) atoms. The molecular weight excluding hydrogens is 270 g/mol. The van der Waals surface area contributed by atoms with E-state index in [1.807, 2.05) is 11.8 Å². The Balaban J connectivity index is 2.27. The second-order valence-corrected chi connectivity index (χ2v) is 5.78. The van der Waals surface area contributed by atoms with Crippen LogP contribution in [0.3, 0.4) is 0 Å². The highest BCUT2D eigenvalue weighted by atomic mass is 16.6. The fourth-order valence-corrected chi connectivity index (χ4v) is 2.51. The van der Waals surface area contributed by atoms with Gasteiger partial charge in [0.15, 0.2) is 0 Å². The predicted octanol–water partition coefficient (Wildman–Crippen LogP) is 2.69. The van der Waals surface area contributed by atoms with Crippen LogP contribution in [0.4, 0.5) is 17.5 Å². The van der Waals surface area contributed by atoms with Crippen molar-refractivity contribution in [1.82, 2.24) is 9.97 Å². The van der Waals surface area contributed by atoms with Crippen LogP contribution in [0.15, 0.2) is 6.20 Å². The van der Waals surface area contributed by atoms with Gasteiger partial charge in [-0.25, -0.2) is 4.98 Å². The maximum Gasteiger partial charge on any atom is 0.329 e. The first-order valence-corrected chi connectivity index (χ1v) is 7.53. The Kier molecular flexibility index (Phi) is 4.93. The summed E-state index contributed by atoms with van der Waals surface area (Å²) in [6.45, 7) is 8.81. The molecular formula is C14H23N5O2. The van der Waals surface area contributed by atoms with Gasteiger partial charge in [-0.15, -0.1) is 0 Å². The molecule has 2 atom stereocenters. The molecule has 0 aromatic carbocycles. The van der Waals surface area contributed by atoms with Crippen LogP contribution in [0.5, 0.6) is 0 Å². The molecule has 2 heterocycles. The van der Waals surface area contributed by atoms with E-state index in [0.29, 0.717) is 23.6 Å². The van der Waals surface area contributed by atoms with Gasteiger partial charge in [0, 0.05) is 19.6 Å². The molecule has 1 saturated heterocycles. The van der Waals surface area contributed by atoms with Crippen LogP contribution in [0.1, 0.15) is 33.6 Å². The fraction of sp³-hybridized carbons (Fsp3) is 0.714. The molecule has 7 nitrogen and oxygen atoms in total. The van der Waals surface area contributed by atoms with E-state index in [0.717, 1.165) is 32.5 Å². The highest BCUT2D eigenvalue weighted by Crippen LogP contribution is 2.31. The number of hydrogen-bond donors (Lipinski definition) is 1. The lowest BCUT2D eigenvalue weighted by Crippen LogP contribution is -2.39. The highest BCUT2D eigenvalue weighted by molar-refractivity contribution is 5.59. The first kappa shape index (κ1) is 15.5. The van der Waals surface area contributed by atoms with Crippen LogP contribution >= 0.6 is 0 Å². The van der Waals surface area contributed by atoms with E-state index in [-0.39, 0.29) is 5.69 Å². The molecule has 0 saturated carbocycles. The maximum absolute atomic E-state index is 11.2. The number of rotatable bonds is 5. The van der Waals surface area contributed by atoms with Crippen molar-refractivity contribution >= 4 is 17.5 Å². The van der Waals surface area contributed by atoms with Crippen LogP contribution in [-0.2, 0) is 0 Å². The minimum atomic E-state index is -0.401. The zero-order valence-electron chi connectivity index (χ0n) is 12.9. The van der Waals surface area contributed by atoms with Crippen molar-refractivity contribution < 1.29 is 4.92 Å². The van der Waals surface area contributed by atoms with Crippen molar-refractivity contribution in [3.63, 3.8) is 0 Å². The lowest BCUT2D eigenvalue weighted by molar-refractivity contribution is -0.384. The topological polar surface area (TPSA) is 84.2 Å². The van der Waals surface area contributed by atoms with Gasteiger partial charge in [0.1, 0.15) is 6.20 Å². The molecule has 7 heteroatoms.